The molecule has 3 N–H and O–H groups in total. The van der Waals surface area contributed by atoms with Gasteiger partial charge in [0.25, 0.3) is 0 Å². The first-order valence-corrected chi connectivity index (χ1v) is 4.16. The van der Waals surface area contributed by atoms with Gasteiger partial charge in [-0.15, -0.1) is 0 Å². The molecule has 0 aliphatic rings. The molecule has 0 aromatic heterocycles. The second-order valence-corrected chi connectivity index (χ2v) is 3.10. The lowest BCUT2D eigenvalue weighted by Crippen LogP contribution is -2.07. The molecule has 0 amide bonds. The summed E-state index contributed by atoms with van der Waals surface area (Å²) in [6.45, 7) is 1.38. The Hall–Kier alpha value is -2.22. The molecular formula is C10H9NO4. The number of hydrogen-bond acceptors (Lipinski definition) is 4. The topological polar surface area (TPSA) is 102 Å². The number of nitrogens with zero attached hydrogens (tertiary/aromatic N) is 1. The molecule has 1 rings (SSSR count). The van der Waals surface area contributed by atoms with E-state index in [4.69, 9.17) is 10.4 Å². The number of rotatable bonds is 2. The van der Waals surface area contributed by atoms with Gasteiger partial charge in [-0.05, 0) is 13.0 Å². The highest BCUT2D eigenvalue weighted by molar-refractivity contribution is 5.77. The van der Waals surface area contributed by atoms with Crippen LogP contribution in [0.3, 0.4) is 0 Å². The van der Waals surface area contributed by atoms with Crippen LogP contribution in [-0.2, 0) is 4.79 Å². The molecule has 0 aliphatic carbocycles. The van der Waals surface area contributed by atoms with Gasteiger partial charge in [0.15, 0.2) is 0 Å². The summed E-state index contributed by atoms with van der Waals surface area (Å²) in [6.07, 6.45) is 0. The van der Waals surface area contributed by atoms with Crippen LogP contribution in [0.2, 0.25) is 0 Å². The maximum atomic E-state index is 10.7. The van der Waals surface area contributed by atoms with E-state index in [-0.39, 0.29) is 22.6 Å². The standard InChI is InChI=1S/C10H9NO4/c1-5(10(14)15)7-2-6(4-11)8(12)3-9(7)13/h2-3,5,12-13H,1H3,(H,14,15). The minimum atomic E-state index is -1.11. The minimum Gasteiger partial charge on any atom is -0.508 e. The predicted octanol–water partition coefficient (Wildman–Crippen LogP) is 1.16. The van der Waals surface area contributed by atoms with Gasteiger partial charge in [-0.3, -0.25) is 4.79 Å². The van der Waals surface area contributed by atoms with Crippen LogP contribution < -0.4 is 0 Å². The zero-order valence-electron chi connectivity index (χ0n) is 7.93. The molecule has 0 aliphatic heterocycles. The van der Waals surface area contributed by atoms with Gasteiger partial charge in [0.2, 0.25) is 0 Å². The SMILES string of the molecule is CC(C(=O)O)c1cc(C#N)c(O)cc1O. The van der Waals surface area contributed by atoms with Crippen molar-refractivity contribution in [1.29, 1.82) is 5.26 Å². The van der Waals surface area contributed by atoms with Crippen molar-refractivity contribution in [3.05, 3.63) is 23.3 Å². The Bertz CT molecular complexity index is 447. The minimum absolute atomic E-state index is 0.0594. The molecular weight excluding hydrogens is 198 g/mol. The molecule has 5 heteroatoms. The van der Waals surface area contributed by atoms with E-state index in [0.29, 0.717) is 0 Å². The summed E-state index contributed by atoms with van der Waals surface area (Å²) in [5.41, 5.74) is 0.0488. The van der Waals surface area contributed by atoms with Crippen LogP contribution >= 0.6 is 0 Å². The van der Waals surface area contributed by atoms with Gasteiger partial charge in [-0.1, -0.05) is 0 Å². The second-order valence-electron chi connectivity index (χ2n) is 3.10. The van der Waals surface area contributed by atoms with Gasteiger partial charge in [0, 0.05) is 11.6 Å². The van der Waals surface area contributed by atoms with Crippen LogP contribution in [-0.4, -0.2) is 21.3 Å². The number of hydrogen-bond donors (Lipinski definition) is 3. The zero-order chi connectivity index (χ0) is 11.6. The Morgan fingerprint density at radius 1 is 1.40 bits per heavy atom. The summed E-state index contributed by atoms with van der Waals surface area (Å²) in [5, 5.41) is 36.0. The first-order valence-electron chi connectivity index (χ1n) is 4.16. The largest absolute Gasteiger partial charge is 0.508 e. The Balaban J connectivity index is 3.32. The van der Waals surface area contributed by atoms with Crippen LogP contribution in [0.5, 0.6) is 11.5 Å². The molecule has 0 fully saturated rings. The molecule has 0 spiro atoms. The van der Waals surface area contributed by atoms with E-state index in [9.17, 15) is 15.0 Å². The molecule has 0 bridgehead atoms. The number of phenols is 2. The molecule has 5 nitrogen and oxygen atoms in total. The van der Waals surface area contributed by atoms with Gasteiger partial charge < -0.3 is 15.3 Å². The summed E-state index contributed by atoms with van der Waals surface area (Å²) < 4.78 is 0. The maximum Gasteiger partial charge on any atom is 0.310 e. The van der Waals surface area contributed by atoms with Crippen molar-refractivity contribution in [2.45, 2.75) is 12.8 Å². The predicted molar refractivity (Wildman–Crippen MR) is 50.5 cm³/mol. The average Bonchev–Trinajstić information content (AvgIpc) is 2.17. The molecule has 0 saturated heterocycles. The monoisotopic (exact) mass is 207 g/mol. The summed E-state index contributed by atoms with van der Waals surface area (Å²) in [4.78, 5) is 10.7. The van der Waals surface area contributed by atoms with Crippen LogP contribution in [0.25, 0.3) is 0 Å². The lowest BCUT2D eigenvalue weighted by molar-refractivity contribution is -0.138. The van der Waals surface area contributed by atoms with E-state index in [2.05, 4.69) is 0 Å². The summed E-state index contributed by atoms with van der Waals surface area (Å²) in [6, 6.07) is 3.84. The Labute approximate surface area is 85.8 Å². The third kappa shape index (κ3) is 1.99. The highest BCUT2D eigenvalue weighted by Gasteiger charge is 2.19. The molecule has 0 heterocycles. The van der Waals surface area contributed by atoms with E-state index in [1.54, 1.807) is 6.07 Å². The number of phenolic OH excluding ortho intramolecular Hbond substituents is 2. The van der Waals surface area contributed by atoms with Crippen molar-refractivity contribution >= 4 is 5.97 Å². The number of benzene rings is 1. The smallest absolute Gasteiger partial charge is 0.310 e. The lowest BCUT2D eigenvalue weighted by atomic mass is 9.98. The van der Waals surface area contributed by atoms with Gasteiger partial charge in [0.1, 0.15) is 17.6 Å². The fraction of sp³-hybridized carbons (Fsp3) is 0.200. The highest BCUT2D eigenvalue weighted by atomic mass is 16.4. The summed E-state index contributed by atoms with van der Waals surface area (Å²) >= 11 is 0. The van der Waals surface area contributed by atoms with Gasteiger partial charge in [-0.25, -0.2) is 0 Å². The number of aromatic hydroxyl groups is 2. The van der Waals surface area contributed by atoms with Gasteiger partial charge in [0.05, 0.1) is 11.5 Å². The first-order chi connectivity index (χ1) is 6.97. The van der Waals surface area contributed by atoms with Gasteiger partial charge in [-0.2, -0.15) is 5.26 Å². The van der Waals surface area contributed by atoms with Crippen LogP contribution in [0.15, 0.2) is 12.1 Å². The molecule has 1 aromatic rings. The van der Waals surface area contributed by atoms with E-state index >= 15 is 0 Å². The molecule has 78 valence electrons. The maximum absolute atomic E-state index is 10.7. The fourth-order valence-corrected chi connectivity index (χ4v) is 1.16. The molecule has 15 heavy (non-hydrogen) atoms. The highest BCUT2D eigenvalue weighted by Crippen LogP contribution is 2.31. The van der Waals surface area contributed by atoms with Crippen molar-refractivity contribution in [3.63, 3.8) is 0 Å². The zero-order valence-corrected chi connectivity index (χ0v) is 7.93. The Kier molecular flexibility index (Phi) is 2.81. The molecule has 0 saturated carbocycles. The molecule has 1 aromatic carbocycles. The van der Waals surface area contributed by atoms with Crippen molar-refractivity contribution < 1.29 is 20.1 Å². The number of carboxylic acids is 1. The first kappa shape index (κ1) is 10.9. The molecule has 1 atom stereocenters. The van der Waals surface area contributed by atoms with Crippen molar-refractivity contribution in [1.82, 2.24) is 0 Å². The Morgan fingerprint density at radius 2 is 2.00 bits per heavy atom. The van der Waals surface area contributed by atoms with E-state index < -0.39 is 11.9 Å². The second kappa shape index (κ2) is 3.88. The van der Waals surface area contributed by atoms with Crippen molar-refractivity contribution in [3.8, 4) is 17.6 Å². The van der Waals surface area contributed by atoms with Crippen molar-refractivity contribution in [2.24, 2.45) is 0 Å². The number of carbonyl (C=O) groups is 1. The summed E-state index contributed by atoms with van der Waals surface area (Å²) in [7, 11) is 0. The van der Waals surface area contributed by atoms with Crippen molar-refractivity contribution in [2.75, 3.05) is 0 Å². The Morgan fingerprint density at radius 3 is 2.47 bits per heavy atom. The van der Waals surface area contributed by atoms with Crippen LogP contribution in [0, 0.1) is 11.3 Å². The van der Waals surface area contributed by atoms with Crippen LogP contribution in [0.4, 0.5) is 0 Å². The lowest BCUT2D eigenvalue weighted by Gasteiger charge is -2.09. The molecule has 0 radical (unpaired) electrons. The van der Waals surface area contributed by atoms with E-state index in [1.165, 1.54) is 13.0 Å². The third-order valence-corrected chi connectivity index (χ3v) is 2.10. The normalized spacial score (nSPS) is 11.7. The fourth-order valence-electron chi connectivity index (χ4n) is 1.16. The van der Waals surface area contributed by atoms with E-state index in [1.807, 2.05) is 0 Å². The third-order valence-electron chi connectivity index (χ3n) is 2.10. The number of carboxylic acid groups (broad SMARTS) is 1. The average molecular weight is 207 g/mol. The molecule has 1 unspecified atom stereocenters. The quantitative estimate of drug-likeness (QED) is 0.675. The van der Waals surface area contributed by atoms with Crippen LogP contribution in [0.1, 0.15) is 24.0 Å². The summed E-state index contributed by atoms with van der Waals surface area (Å²) in [5.74, 6) is -2.74. The number of aliphatic carboxylic acids is 1. The number of nitriles is 1. The van der Waals surface area contributed by atoms with Gasteiger partial charge >= 0.3 is 5.97 Å². The van der Waals surface area contributed by atoms with E-state index in [0.717, 1.165) is 6.07 Å².